The third-order valence-electron chi connectivity index (χ3n) is 6.56. The molecule has 194 valence electrons. The minimum Gasteiger partial charge on any atom is -0.491 e. The Bertz CT molecular complexity index is 847. The van der Waals surface area contributed by atoms with Crippen molar-refractivity contribution >= 4 is 0 Å². The van der Waals surface area contributed by atoms with Crippen molar-refractivity contribution < 1.29 is 34.3 Å². The number of hydrogen-bond acceptors (Lipinski definition) is 7. The fraction of sp³-hybridized carbons (Fsp3) is 0.571. The molecule has 0 unspecified atom stereocenters. The van der Waals surface area contributed by atoms with Crippen LogP contribution in [0, 0.1) is 0 Å². The Morgan fingerprint density at radius 1 is 0.629 bits per heavy atom. The number of aliphatic hydroxyl groups is 3. The molecule has 1 fully saturated rings. The molecule has 0 aromatic heterocycles. The smallest absolute Gasteiger partial charge is 0.122 e. The third-order valence-corrected chi connectivity index (χ3v) is 6.56. The molecule has 0 radical (unpaired) electrons. The van der Waals surface area contributed by atoms with Gasteiger partial charge in [0.1, 0.15) is 24.7 Å². The first-order valence-corrected chi connectivity index (χ1v) is 12.7. The van der Waals surface area contributed by atoms with Gasteiger partial charge >= 0.3 is 0 Å². The predicted octanol–water partition coefficient (Wildman–Crippen LogP) is 3.25. The van der Waals surface area contributed by atoms with E-state index in [2.05, 4.69) is 24.3 Å². The van der Waals surface area contributed by atoms with Crippen LogP contribution in [-0.4, -0.2) is 74.8 Å². The van der Waals surface area contributed by atoms with Gasteiger partial charge in [-0.1, -0.05) is 43.5 Å². The van der Waals surface area contributed by atoms with Gasteiger partial charge in [0.25, 0.3) is 0 Å². The standard InChI is InChI=1S/C28H40O7/c29-13-10-23-22-25(6-9-27(23)35-21-19-33-17-15-31)28(11-2-1-3-12-28)24-4-7-26(8-5-24)34-20-18-32-16-14-30/h4-9,22,29-31H,1-3,10-21H2. The predicted molar refractivity (Wildman–Crippen MR) is 134 cm³/mol. The zero-order chi connectivity index (χ0) is 24.8. The second kappa shape index (κ2) is 15.1. The van der Waals surface area contributed by atoms with Gasteiger partial charge in [0.05, 0.1) is 39.6 Å². The van der Waals surface area contributed by atoms with Crippen molar-refractivity contribution in [3.63, 3.8) is 0 Å². The second-order valence-electron chi connectivity index (χ2n) is 8.83. The number of hydrogen-bond donors (Lipinski definition) is 3. The van der Waals surface area contributed by atoms with E-state index in [1.54, 1.807) is 0 Å². The monoisotopic (exact) mass is 488 g/mol. The molecule has 3 rings (SSSR count). The molecule has 35 heavy (non-hydrogen) atoms. The average molecular weight is 489 g/mol. The molecule has 1 aliphatic carbocycles. The van der Waals surface area contributed by atoms with Crippen molar-refractivity contribution in [2.45, 2.75) is 43.9 Å². The molecule has 3 N–H and O–H groups in total. The zero-order valence-electron chi connectivity index (χ0n) is 20.6. The minimum atomic E-state index is -0.0754. The van der Waals surface area contributed by atoms with Crippen LogP contribution in [0.1, 0.15) is 48.8 Å². The second-order valence-corrected chi connectivity index (χ2v) is 8.83. The molecule has 0 spiro atoms. The number of rotatable bonds is 16. The van der Waals surface area contributed by atoms with Gasteiger partial charge in [-0.05, 0) is 54.2 Å². The summed E-state index contributed by atoms with van der Waals surface area (Å²) in [6.45, 7) is 2.40. The maximum atomic E-state index is 9.67. The Balaban J connectivity index is 1.77. The van der Waals surface area contributed by atoms with Crippen molar-refractivity contribution in [2.24, 2.45) is 0 Å². The summed E-state index contributed by atoms with van der Waals surface area (Å²) in [5, 5.41) is 27.3. The van der Waals surface area contributed by atoms with Crippen LogP contribution in [0.25, 0.3) is 0 Å². The maximum Gasteiger partial charge on any atom is 0.122 e. The molecule has 0 atom stereocenters. The summed E-state index contributed by atoms with van der Waals surface area (Å²) in [5.41, 5.74) is 3.46. The molecule has 0 bridgehead atoms. The van der Waals surface area contributed by atoms with Gasteiger partial charge in [-0.3, -0.25) is 0 Å². The van der Waals surface area contributed by atoms with Crippen LogP contribution in [0.3, 0.4) is 0 Å². The summed E-state index contributed by atoms with van der Waals surface area (Å²) in [6.07, 6.45) is 6.29. The summed E-state index contributed by atoms with van der Waals surface area (Å²) in [4.78, 5) is 0. The number of aliphatic hydroxyl groups excluding tert-OH is 3. The van der Waals surface area contributed by atoms with Gasteiger partial charge in [0.15, 0.2) is 0 Å². The van der Waals surface area contributed by atoms with Crippen LogP contribution in [0.2, 0.25) is 0 Å². The Labute approximate surface area is 208 Å². The number of benzene rings is 2. The van der Waals surface area contributed by atoms with E-state index in [0.717, 1.165) is 29.9 Å². The van der Waals surface area contributed by atoms with Gasteiger partial charge in [-0.25, -0.2) is 0 Å². The molecule has 7 nitrogen and oxygen atoms in total. The van der Waals surface area contributed by atoms with Crippen LogP contribution in [0.4, 0.5) is 0 Å². The van der Waals surface area contributed by atoms with Crippen LogP contribution in [-0.2, 0) is 21.3 Å². The lowest BCUT2D eigenvalue weighted by Gasteiger charge is -2.39. The van der Waals surface area contributed by atoms with E-state index in [1.165, 1.54) is 30.4 Å². The molecule has 0 heterocycles. The van der Waals surface area contributed by atoms with Gasteiger partial charge in [0.2, 0.25) is 0 Å². The quantitative estimate of drug-likeness (QED) is 0.312. The first kappa shape index (κ1) is 27.4. The largest absolute Gasteiger partial charge is 0.491 e. The van der Waals surface area contributed by atoms with Crippen molar-refractivity contribution in [1.82, 2.24) is 0 Å². The zero-order valence-corrected chi connectivity index (χ0v) is 20.6. The SMILES string of the molecule is OCCOCCOc1ccc(C2(c3ccc(OCCOCCO)c(CCO)c3)CCCCC2)cc1. The Morgan fingerprint density at radius 2 is 1.26 bits per heavy atom. The van der Waals surface area contributed by atoms with Crippen molar-refractivity contribution in [3.8, 4) is 11.5 Å². The molecule has 0 amide bonds. The van der Waals surface area contributed by atoms with Gasteiger partial charge in [-0.2, -0.15) is 0 Å². The van der Waals surface area contributed by atoms with Gasteiger partial charge < -0.3 is 34.3 Å². The Hall–Kier alpha value is -2.16. The topological polar surface area (TPSA) is 97.6 Å². The minimum absolute atomic E-state index is 0.00130. The molecule has 2 aromatic carbocycles. The van der Waals surface area contributed by atoms with Crippen LogP contribution in [0.5, 0.6) is 11.5 Å². The van der Waals surface area contributed by atoms with Gasteiger partial charge in [0, 0.05) is 12.0 Å². The first-order chi connectivity index (χ1) is 17.2. The van der Waals surface area contributed by atoms with Gasteiger partial charge in [-0.15, -0.1) is 0 Å². The van der Waals surface area contributed by atoms with Crippen LogP contribution >= 0.6 is 0 Å². The summed E-state index contributed by atoms with van der Waals surface area (Å²) < 4.78 is 22.3. The van der Waals surface area contributed by atoms with Crippen molar-refractivity contribution in [3.05, 3.63) is 59.2 Å². The normalized spacial score (nSPS) is 15.2. The molecule has 1 saturated carbocycles. The van der Waals surface area contributed by atoms with E-state index < -0.39 is 0 Å². The van der Waals surface area contributed by atoms with E-state index in [9.17, 15) is 5.11 Å². The molecule has 0 saturated heterocycles. The molecule has 0 aliphatic heterocycles. The summed E-state index contributed by atoms with van der Waals surface area (Å²) in [5.74, 6) is 1.58. The van der Waals surface area contributed by atoms with E-state index in [4.69, 9.17) is 29.2 Å². The maximum absolute atomic E-state index is 9.67. The summed E-state index contributed by atoms with van der Waals surface area (Å²) in [7, 11) is 0. The fourth-order valence-corrected chi connectivity index (χ4v) is 4.87. The van der Waals surface area contributed by atoms with Crippen LogP contribution in [0.15, 0.2) is 42.5 Å². The van der Waals surface area contributed by atoms with Crippen molar-refractivity contribution in [1.29, 1.82) is 0 Å². The molecular formula is C28H40O7. The van der Waals surface area contributed by atoms with E-state index >= 15 is 0 Å². The first-order valence-electron chi connectivity index (χ1n) is 12.7. The fourth-order valence-electron chi connectivity index (χ4n) is 4.87. The highest BCUT2D eigenvalue weighted by atomic mass is 16.5. The third kappa shape index (κ3) is 7.92. The lowest BCUT2D eigenvalue weighted by Crippen LogP contribution is -2.30. The molecule has 1 aliphatic rings. The number of ether oxygens (including phenoxy) is 4. The lowest BCUT2D eigenvalue weighted by molar-refractivity contribution is 0.0702. The lowest BCUT2D eigenvalue weighted by atomic mass is 9.65. The Kier molecular flexibility index (Phi) is 11.8. The Morgan fingerprint density at radius 3 is 1.89 bits per heavy atom. The van der Waals surface area contributed by atoms with E-state index in [0.29, 0.717) is 46.1 Å². The molecule has 2 aromatic rings. The highest BCUT2D eigenvalue weighted by Crippen LogP contribution is 2.46. The highest BCUT2D eigenvalue weighted by Gasteiger charge is 2.36. The highest BCUT2D eigenvalue weighted by molar-refractivity contribution is 5.47. The molecule has 7 heteroatoms. The van der Waals surface area contributed by atoms with E-state index in [-0.39, 0.29) is 25.2 Å². The average Bonchev–Trinajstić information content (AvgIpc) is 2.90. The summed E-state index contributed by atoms with van der Waals surface area (Å²) >= 11 is 0. The summed E-state index contributed by atoms with van der Waals surface area (Å²) in [6, 6.07) is 14.8. The van der Waals surface area contributed by atoms with Crippen LogP contribution < -0.4 is 9.47 Å². The van der Waals surface area contributed by atoms with Crippen molar-refractivity contribution in [2.75, 3.05) is 59.5 Å². The molecular weight excluding hydrogens is 448 g/mol. The van der Waals surface area contributed by atoms with E-state index in [1.807, 2.05) is 18.2 Å².